The summed E-state index contributed by atoms with van der Waals surface area (Å²) in [6.07, 6.45) is 3.45. The molecule has 2 heterocycles. The van der Waals surface area contributed by atoms with Crippen LogP contribution in [0.15, 0.2) is 12.3 Å². The zero-order chi connectivity index (χ0) is 14.4. The first-order chi connectivity index (χ1) is 9.69. The molecule has 6 nitrogen and oxygen atoms in total. The molecule has 1 fully saturated rings. The maximum absolute atomic E-state index is 11.8. The predicted molar refractivity (Wildman–Crippen MR) is 73.5 cm³/mol. The Bertz CT molecular complexity index is 445. The van der Waals surface area contributed by atoms with Gasteiger partial charge in [0.2, 0.25) is 11.8 Å². The SMILES string of the molecule is CCOCC(=O)N1CCC(Oc2ccnc(C)n2)CC1. The van der Waals surface area contributed by atoms with Gasteiger partial charge in [0.1, 0.15) is 18.5 Å². The number of amides is 1. The molecule has 1 aliphatic heterocycles. The summed E-state index contributed by atoms with van der Waals surface area (Å²) in [5.41, 5.74) is 0. The molecule has 0 unspecified atom stereocenters. The lowest BCUT2D eigenvalue weighted by atomic mass is 10.1. The summed E-state index contributed by atoms with van der Waals surface area (Å²) in [5, 5.41) is 0. The highest BCUT2D eigenvalue weighted by molar-refractivity contribution is 5.77. The second-order valence-electron chi connectivity index (χ2n) is 4.78. The van der Waals surface area contributed by atoms with Gasteiger partial charge >= 0.3 is 0 Å². The summed E-state index contributed by atoms with van der Waals surface area (Å²) < 4.78 is 11.0. The van der Waals surface area contributed by atoms with E-state index in [9.17, 15) is 4.79 Å². The number of nitrogens with zero attached hydrogens (tertiary/aromatic N) is 3. The average molecular weight is 279 g/mol. The monoisotopic (exact) mass is 279 g/mol. The molecule has 0 atom stereocenters. The van der Waals surface area contributed by atoms with E-state index in [-0.39, 0.29) is 18.6 Å². The molecule has 2 rings (SSSR count). The Hall–Kier alpha value is -1.69. The van der Waals surface area contributed by atoms with Crippen LogP contribution < -0.4 is 4.74 Å². The molecule has 1 aromatic rings. The van der Waals surface area contributed by atoms with Gasteiger partial charge in [0, 0.05) is 44.8 Å². The first-order valence-electron chi connectivity index (χ1n) is 7.01. The topological polar surface area (TPSA) is 64.5 Å². The first kappa shape index (κ1) is 14.7. The van der Waals surface area contributed by atoms with E-state index in [1.54, 1.807) is 12.3 Å². The second kappa shape index (κ2) is 7.19. The van der Waals surface area contributed by atoms with E-state index in [0.717, 1.165) is 12.8 Å². The minimum Gasteiger partial charge on any atom is -0.474 e. The number of ether oxygens (including phenoxy) is 2. The van der Waals surface area contributed by atoms with E-state index in [4.69, 9.17) is 9.47 Å². The van der Waals surface area contributed by atoms with Gasteiger partial charge in [0.15, 0.2) is 0 Å². The molecule has 0 saturated carbocycles. The van der Waals surface area contributed by atoms with Crippen molar-refractivity contribution in [1.82, 2.24) is 14.9 Å². The summed E-state index contributed by atoms with van der Waals surface area (Å²) in [6.45, 7) is 5.88. The second-order valence-corrected chi connectivity index (χ2v) is 4.78. The van der Waals surface area contributed by atoms with Crippen LogP contribution in [0, 0.1) is 6.92 Å². The minimum absolute atomic E-state index is 0.0585. The van der Waals surface area contributed by atoms with Crippen molar-refractivity contribution in [1.29, 1.82) is 0 Å². The molecule has 20 heavy (non-hydrogen) atoms. The van der Waals surface area contributed by atoms with Crippen molar-refractivity contribution in [3.8, 4) is 5.88 Å². The van der Waals surface area contributed by atoms with Gasteiger partial charge in [-0.2, -0.15) is 4.98 Å². The first-order valence-corrected chi connectivity index (χ1v) is 7.01. The Labute approximate surface area is 119 Å². The molecule has 0 N–H and O–H groups in total. The Balaban J connectivity index is 1.78. The maximum Gasteiger partial charge on any atom is 0.248 e. The third-order valence-electron chi connectivity index (χ3n) is 3.26. The van der Waals surface area contributed by atoms with Crippen LogP contribution in [0.4, 0.5) is 0 Å². The van der Waals surface area contributed by atoms with Crippen molar-refractivity contribution in [2.45, 2.75) is 32.8 Å². The lowest BCUT2D eigenvalue weighted by Crippen LogP contribution is -2.43. The van der Waals surface area contributed by atoms with Crippen LogP contribution >= 0.6 is 0 Å². The van der Waals surface area contributed by atoms with Gasteiger partial charge in [-0.1, -0.05) is 0 Å². The van der Waals surface area contributed by atoms with Gasteiger partial charge in [-0.25, -0.2) is 4.98 Å². The van der Waals surface area contributed by atoms with Gasteiger partial charge in [0.05, 0.1) is 0 Å². The van der Waals surface area contributed by atoms with Crippen LogP contribution in [0.25, 0.3) is 0 Å². The fourth-order valence-corrected chi connectivity index (χ4v) is 2.17. The van der Waals surface area contributed by atoms with Crippen molar-refractivity contribution in [3.63, 3.8) is 0 Å². The van der Waals surface area contributed by atoms with Crippen LogP contribution in [0.5, 0.6) is 5.88 Å². The predicted octanol–water partition coefficient (Wildman–Crippen LogP) is 1.19. The van der Waals surface area contributed by atoms with E-state index < -0.39 is 0 Å². The van der Waals surface area contributed by atoms with Gasteiger partial charge in [-0.3, -0.25) is 4.79 Å². The number of carbonyl (C=O) groups excluding carboxylic acids is 1. The standard InChI is InChI=1S/C14H21N3O3/c1-3-19-10-14(18)17-8-5-12(6-9-17)20-13-4-7-15-11(2)16-13/h4,7,12H,3,5-6,8-10H2,1-2H3. The number of aryl methyl sites for hydroxylation is 1. The zero-order valence-electron chi connectivity index (χ0n) is 12.0. The van der Waals surface area contributed by atoms with Crippen LogP contribution in [0.1, 0.15) is 25.6 Å². The molecule has 1 amide bonds. The lowest BCUT2D eigenvalue weighted by Gasteiger charge is -2.31. The summed E-state index contributed by atoms with van der Waals surface area (Å²) in [5.74, 6) is 1.37. The van der Waals surface area contributed by atoms with Crippen molar-refractivity contribution < 1.29 is 14.3 Å². The largest absolute Gasteiger partial charge is 0.474 e. The molecule has 110 valence electrons. The molecule has 0 radical (unpaired) electrons. The molecule has 1 aliphatic rings. The van der Waals surface area contributed by atoms with Gasteiger partial charge in [0.25, 0.3) is 0 Å². The van der Waals surface area contributed by atoms with Gasteiger partial charge < -0.3 is 14.4 Å². The zero-order valence-corrected chi connectivity index (χ0v) is 12.0. The molecule has 1 saturated heterocycles. The van der Waals surface area contributed by atoms with Crippen LogP contribution in [0.2, 0.25) is 0 Å². The third kappa shape index (κ3) is 4.16. The van der Waals surface area contributed by atoms with E-state index >= 15 is 0 Å². The quantitative estimate of drug-likeness (QED) is 0.810. The van der Waals surface area contributed by atoms with Crippen LogP contribution in [-0.4, -0.2) is 53.2 Å². The number of piperidine rings is 1. The fourth-order valence-electron chi connectivity index (χ4n) is 2.17. The molecule has 6 heteroatoms. The molecule has 0 aliphatic carbocycles. The highest BCUT2D eigenvalue weighted by Gasteiger charge is 2.24. The number of hydrogen-bond acceptors (Lipinski definition) is 5. The molecular formula is C14H21N3O3. The summed E-state index contributed by atoms with van der Waals surface area (Å²) >= 11 is 0. The van der Waals surface area contributed by atoms with Crippen molar-refractivity contribution in [3.05, 3.63) is 18.1 Å². The Morgan fingerprint density at radius 1 is 1.45 bits per heavy atom. The molecule has 0 spiro atoms. The molecular weight excluding hydrogens is 258 g/mol. The van der Waals surface area contributed by atoms with E-state index in [0.29, 0.717) is 31.4 Å². The maximum atomic E-state index is 11.8. The van der Waals surface area contributed by atoms with Crippen molar-refractivity contribution in [2.75, 3.05) is 26.3 Å². The highest BCUT2D eigenvalue weighted by atomic mass is 16.5. The number of rotatable bonds is 5. The van der Waals surface area contributed by atoms with Crippen molar-refractivity contribution >= 4 is 5.91 Å². The summed E-state index contributed by atoms with van der Waals surface area (Å²) in [4.78, 5) is 21.9. The smallest absolute Gasteiger partial charge is 0.248 e. The average Bonchev–Trinajstić information content (AvgIpc) is 2.45. The summed E-state index contributed by atoms with van der Waals surface area (Å²) in [6, 6.07) is 1.76. The van der Waals surface area contributed by atoms with E-state index in [1.165, 1.54) is 0 Å². The Kier molecular flexibility index (Phi) is 5.29. The lowest BCUT2D eigenvalue weighted by molar-refractivity contribution is -0.137. The van der Waals surface area contributed by atoms with E-state index in [2.05, 4.69) is 9.97 Å². The number of carbonyl (C=O) groups is 1. The Morgan fingerprint density at radius 2 is 2.20 bits per heavy atom. The minimum atomic E-state index is 0.0585. The van der Waals surface area contributed by atoms with Gasteiger partial charge in [-0.15, -0.1) is 0 Å². The third-order valence-corrected chi connectivity index (χ3v) is 3.26. The van der Waals surface area contributed by atoms with Crippen molar-refractivity contribution in [2.24, 2.45) is 0 Å². The fraction of sp³-hybridized carbons (Fsp3) is 0.643. The van der Waals surface area contributed by atoms with Gasteiger partial charge in [-0.05, 0) is 13.8 Å². The normalized spacial score (nSPS) is 16.2. The van der Waals surface area contributed by atoms with Crippen LogP contribution in [0.3, 0.4) is 0 Å². The molecule has 0 bridgehead atoms. The highest BCUT2D eigenvalue weighted by Crippen LogP contribution is 2.17. The van der Waals surface area contributed by atoms with E-state index in [1.807, 2.05) is 18.7 Å². The molecule has 1 aromatic heterocycles. The number of aromatic nitrogens is 2. The Morgan fingerprint density at radius 3 is 2.85 bits per heavy atom. The molecule has 0 aromatic carbocycles. The number of hydrogen-bond donors (Lipinski definition) is 0. The van der Waals surface area contributed by atoms with Crippen LogP contribution in [-0.2, 0) is 9.53 Å². The number of likely N-dealkylation sites (tertiary alicyclic amines) is 1. The summed E-state index contributed by atoms with van der Waals surface area (Å²) in [7, 11) is 0.